The monoisotopic (exact) mass is 264 g/mol. The second-order valence-corrected chi connectivity index (χ2v) is 4.58. The Morgan fingerprint density at radius 2 is 2.22 bits per heavy atom. The van der Waals surface area contributed by atoms with Crippen molar-refractivity contribution in [2.45, 2.75) is 26.3 Å². The summed E-state index contributed by atoms with van der Waals surface area (Å²) in [5.74, 6) is 1.35. The summed E-state index contributed by atoms with van der Waals surface area (Å²) in [5, 5.41) is 6.39. The van der Waals surface area contributed by atoms with E-state index in [2.05, 4.69) is 27.2 Å². The predicted octanol–water partition coefficient (Wildman–Crippen LogP) is 2.90. The van der Waals surface area contributed by atoms with Gasteiger partial charge in [0.05, 0.1) is 12.6 Å². The molecule has 5 nitrogen and oxygen atoms in total. The zero-order chi connectivity index (χ0) is 12.8. The number of anilines is 1. The molecular weight excluding hydrogens is 248 g/mol. The summed E-state index contributed by atoms with van der Waals surface area (Å²) >= 11 is 1.64. The quantitative estimate of drug-likeness (QED) is 0.869. The zero-order valence-electron chi connectivity index (χ0n) is 10.5. The number of hydrogen-bond donors (Lipinski definition) is 1. The molecule has 2 heterocycles. The third-order valence-corrected chi connectivity index (χ3v) is 3.30. The highest BCUT2D eigenvalue weighted by molar-refractivity contribution is 7.09. The molecule has 0 aliphatic rings. The van der Waals surface area contributed by atoms with Gasteiger partial charge in [0.25, 0.3) is 0 Å². The van der Waals surface area contributed by atoms with E-state index in [9.17, 15) is 0 Å². The van der Waals surface area contributed by atoms with Gasteiger partial charge in [-0.3, -0.25) is 0 Å². The van der Waals surface area contributed by atoms with Gasteiger partial charge in [0.1, 0.15) is 17.2 Å². The van der Waals surface area contributed by atoms with Crippen molar-refractivity contribution in [3.8, 4) is 5.88 Å². The van der Waals surface area contributed by atoms with Gasteiger partial charge in [0, 0.05) is 17.6 Å². The average Bonchev–Trinajstić information content (AvgIpc) is 2.90. The molecule has 0 spiro atoms. The van der Waals surface area contributed by atoms with E-state index in [4.69, 9.17) is 4.74 Å². The van der Waals surface area contributed by atoms with Gasteiger partial charge in [-0.05, 0) is 13.3 Å². The number of thiazole rings is 1. The summed E-state index contributed by atoms with van der Waals surface area (Å²) in [4.78, 5) is 12.6. The molecule has 1 atom stereocenters. The highest BCUT2D eigenvalue weighted by atomic mass is 32.1. The van der Waals surface area contributed by atoms with E-state index in [1.807, 2.05) is 18.5 Å². The molecule has 0 fully saturated rings. The molecule has 2 rings (SSSR count). The molecule has 2 aromatic heterocycles. The summed E-state index contributed by atoms with van der Waals surface area (Å²) < 4.78 is 5.35. The SMILES string of the molecule is CCOc1cc(NC(CC)c2nccs2)ncn1. The van der Waals surface area contributed by atoms with Gasteiger partial charge in [-0.15, -0.1) is 11.3 Å². The minimum atomic E-state index is 0.175. The number of rotatable bonds is 6. The standard InChI is InChI=1S/C12H16N4OS/c1-3-9(12-13-5-6-18-12)16-10-7-11(17-4-2)15-8-14-10/h5-9H,3-4H2,1-2H3,(H,14,15,16). The van der Waals surface area contributed by atoms with Crippen LogP contribution in [0.4, 0.5) is 5.82 Å². The van der Waals surface area contributed by atoms with Crippen LogP contribution in [0.2, 0.25) is 0 Å². The predicted molar refractivity (Wildman–Crippen MR) is 72.0 cm³/mol. The summed E-state index contributed by atoms with van der Waals surface area (Å²) in [7, 11) is 0. The van der Waals surface area contributed by atoms with Crippen molar-refractivity contribution in [1.29, 1.82) is 0 Å². The first-order valence-corrected chi connectivity index (χ1v) is 6.82. The molecule has 0 aromatic carbocycles. The van der Waals surface area contributed by atoms with Gasteiger partial charge in [-0.25, -0.2) is 15.0 Å². The molecule has 96 valence electrons. The van der Waals surface area contributed by atoms with Crippen LogP contribution >= 0.6 is 11.3 Å². The first-order chi connectivity index (χ1) is 8.83. The lowest BCUT2D eigenvalue weighted by Crippen LogP contribution is -2.10. The maximum atomic E-state index is 5.35. The first kappa shape index (κ1) is 12.8. The molecule has 0 radical (unpaired) electrons. The highest BCUT2D eigenvalue weighted by Crippen LogP contribution is 2.23. The molecule has 2 aromatic rings. The summed E-state index contributed by atoms with van der Waals surface area (Å²) in [6, 6.07) is 1.98. The Morgan fingerprint density at radius 1 is 1.33 bits per heavy atom. The topological polar surface area (TPSA) is 59.9 Å². The van der Waals surface area contributed by atoms with Gasteiger partial charge in [-0.1, -0.05) is 6.92 Å². The van der Waals surface area contributed by atoms with Gasteiger partial charge in [-0.2, -0.15) is 0 Å². The van der Waals surface area contributed by atoms with Crippen LogP contribution in [0.3, 0.4) is 0 Å². The lowest BCUT2D eigenvalue weighted by molar-refractivity contribution is 0.326. The molecule has 0 aliphatic heterocycles. The van der Waals surface area contributed by atoms with Gasteiger partial charge >= 0.3 is 0 Å². The number of ether oxygens (including phenoxy) is 1. The fourth-order valence-electron chi connectivity index (χ4n) is 1.57. The second-order valence-electron chi connectivity index (χ2n) is 3.65. The fourth-order valence-corrected chi connectivity index (χ4v) is 2.34. The lowest BCUT2D eigenvalue weighted by atomic mass is 10.2. The number of hydrogen-bond acceptors (Lipinski definition) is 6. The average molecular weight is 264 g/mol. The van der Waals surface area contributed by atoms with E-state index in [0.29, 0.717) is 12.5 Å². The molecule has 0 bridgehead atoms. The molecule has 0 aliphatic carbocycles. The Morgan fingerprint density at radius 3 is 2.89 bits per heavy atom. The normalized spacial score (nSPS) is 12.1. The van der Waals surface area contributed by atoms with Crippen LogP contribution in [0.15, 0.2) is 24.0 Å². The van der Waals surface area contributed by atoms with Crippen molar-refractivity contribution < 1.29 is 4.74 Å². The smallest absolute Gasteiger partial charge is 0.218 e. The third kappa shape index (κ3) is 3.16. The maximum Gasteiger partial charge on any atom is 0.218 e. The lowest BCUT2D eigenvalue weighted by Gasteiger charge is -2.15. The van der Waals surface area contributed by atoms with Crippen LogP contribution in [0.25, 0.3) is 0 Å². The highest BCUT2D eigenvalue weighted by Gasteiger charge is 2.12. The van der Waals surface area contributed by atoms with Gasteiger partial charge in [0.15, 0.2) is 0 Å². The minimum Gasteiger partial charge on any atom is -0.478 e. The molecule has 1 N–H and O–H groups in total. The Balaban J connectivity index is 2.09. The number of aromatic nitrogens is 3. The van der Waals surface area contributed by atoms with Crippen LogP contribution in [-0.2, 0) is 0 Å². The maximum absolute atomic E-state index is 5.35. The Kier molecular flexibility index (Phi) is 4.46. The number of nitrogens with one attached hydrogen (secondary N) is 1. The van der Waals surface area contributed by atoms with E-state index in [-0.39, 0.29) is 6.04 Å². The van der Waals surface area contributed by atoms with Crippen molar-refractivity contribution >= 4 is 17.2 Å². The van der Waals surface area contributed by atoms with Gasteiger partial charge in [0.2, 0.25) is 5.88 Å². The Labute approximate surface area is 110 Å². The van der Waals surface area contributed by atoms with Crippen LogP contribution in [-0.4, -0.2) is 21.6 Å². The van der Waals surface area contributed by atoms with Crippen molar-refractivity contribution in [1.82, 2.24) is 15.0 Å². The molecular formula is C12H16N4OS. The molecule has 1 unspecified atom stereocenters. The molecule has 0 saturated heterocycles. The van der Waals surface area contributed by atoms with E-state index < -0.39 is 0 Å². The molecule has 18 heavy (non-hydrogen) atoms. The summed E-state index contributed by atoms with van der Waals surface area (Å²) in [5.41, 5.74) is 0. The Bertz CT molecular complexity index is 475. The van der Waals surface area contributed by atoms with Crippen LogP contribution in [0.5, 0.6) is 5.88 Å². The van der Waals surface area contributed by atoms with Crippen LogP contribution in [0.1, 0.15) is 31.3 Å². The Hall–Kier alpha value is -1.69. The van der Waals surface area contributed by atoms with Crippen LogP contribution < -0.4 is 10.1 Å². The van der Waals surface area contributed by atoms with Crippen molar-refractivity contribution in [2.24, 2.45) is 0 Å². The van der Waals surface area contributed by atoms with Crippen LogP contribution in [0, 0.1) is 0 Å². The van der Waals surface area contributed by atoms with Crippen molar-refractivity contribution in [3.05, 3.63) is 29.0 Å². The summed E-state index contributed by atoms with van der Waals surface area (Å²) in [6.07, 6.45) is 4.26. The van der Waals surface area contributed by atoms with E-state index in [1.54, 1.807) is 17.4 Å². The van der Waals surface area contributed by atoms with E-state index in [0.717, 1.165) is 17.2 Å². The van der Waals surface area contributed by atoms with Crippen molar-refractivity contribution in [2.75, 3.05) is 11.9 Å². The second kappa shape index (κ2) is 6.30. The first-order valence-electron chi connectivity index (χ1n) is 5.94. The fraction of sp³-hybridized carbons (Fsp3) is 0.417. The summed E-state index contributed by atoms with van der Waals surface area (Å²) in [6.45, 7) is 4.64. The minimum absolute atomic E-state index is 0.175. The number of nitrogens with zero attached hydrogens (tertiary/aromatic N) is 3. The van der Waals surface area contributed by atoms with E-state index in [1.165, 1.54) is 6.33 Å². The molecule has 6 heteroatoms. The van der Waals surface area contributed by atoms with Crippen molar-refractivity contribution in [3.63, 3.8) is 0 Å². The largest absolute Gasteiger partial charge is 0.478 e. The molecule has 0 amide bonds. The zero-order valence-corrected chi connectivity index (χ0v) is 11.3. The van der Waals surface area contributed by atoms with Gasteiger partial charge < -0.3 is 10.1 Å². The molecule has 0 saturated carbocycles. The van der Waals surface area contributed by atoms with E-state index >= 15 is 0 Å². The third-order valence-electron chi connectivity index (χ3n) is 2.41.